The first-order chi connectivity index (χ1) is 8.69. The first kappa shape index (κ1) is 14.5. The maximum atomic E-state index is 11.5. The van der Waals surface area contributed by atoms with Gasteiger partial charge in [-0.25, -0.2) is 4.79 Å². The van der Waals surface area contributed by atoms with Crippen LogP contribution in [0.2, 0.25) is 0 Å². The third-order valence-electron chi connectivity index (χ3n) is 2.28. The average Bonchev–Trinajstić information content (AvgIpc) is 2.39. The number of halogens is 1. The monoisotopic (exact) mass is 270 g/mol. The van der Waals surface area contributed by atoms with E-state index in [4.69, 9.17) is 16.3 Å². The fourth-order valence-electron chi connectivity index (χ4n) is 1.37. The van der Waals surface area contributed by atoms with Crippen LogP contribution in [0.5, 0.6) is 5.75 Å². The van der Waals surface area contributed by atoms with Gasteiger partial charge in [-0.2, -0.15) is 0 Å². The summed E-state index contributed by atoms with van der Waals surface area (Å²) in [5.74, 6) is -0.165. The number of esters is 2. The van der Waals surface area contributed by atoms with Crippen molar-refractivity contribution >= 4 is 23.5 Å². The van der Waals surface area contributed by atoms with Crippen LogP contribution in [0.25, 0.3) is 0 Å². The van der Waals surface area contributed by atoms with Crippen LogP contribution in [-0.2, 0) is 9.53 Å². The Morgan fingerprint density at radius 1 is 1.22 bits per heavy atom. The number of hydrogen-bond donors (Lipinski definition) is 0. The van der Waals surface area contributed by atoms with Gasteiger partial charge in [0.15, 0.2) is 0 Å². The number of rotatable bonds is 6. The lowest BCUT2D eigenvalue weighted by Gasteiger charge is -2.08. The van der Waals surface area contributed by atoms with E-state index >= 15 is 0 Å². The summed E-state index contributed by atoms with van der Waals surface area (Å²) in [7, 11) is 1.28. The van der Waals surface area contributed by atoms with Crippen LogP contribution < -0.4 is 4.74 Å². The molecule has 0 atom stereocenters. The van der Waals surface area contributed by atoms with E-state index in [0.29, 0.717) is 12.3 Å². The summed E-state index contributed by atoms with van der Waals surface area (Å²) in [6.45, 7) is 0. The molecule has 1 aromatic carbocycles. The molecule has 1 rings (SSSR count). The Bertz CT molecular complexity index is 417. The highest BCUT2D eigenvalue weighted by Gasteiger charge is 2.14. The fraction of sp³-hybridized carbons (Fsp3) is 0.385. The number of alkyl halides is 1. The maximum absolute atomic E-state index is 11.5. The first-order valence-corrected chi connectivity index (χ1v) is 6.16. The van der Waals surface area contributed by atoms with Crippen LogP contribution in [0.1, 0.15) is 29.6 Å². The minimum absolute atomic E-state index is 0.222. The zero-order valence-electron chi connectivity index (χ0n) is 10.1. The Morgan fingerprint density at radius 3 is 2.61 bits per heavy atom. The molecule has 0 amide bonds. The lowest BCUT2D eigenvalue weighted by molar-refractivity contribution is -0.134. The lowest BCUT2D eigenvalue weighted by Crippen LogP contribution is -2.11. The fourth-order valence-corrected chi connectivity index (χ4v) is 1.56. The van der Waals surface area contributed by atoms with Crippen molar-refractivity contribution in [1.82, 2.24) is 0 Å². The second-order valence-corrected chi connectivity index (χ2v) is 3.99. The molecule has 0 aliphatic heterocycles. The van der Waals surface area contributed by atoms with E-state index < -0.39 is 5.97 Å². The number of hydrogen-bond acceptors (Lipinski definition) is 4. The third-order valence-corrected chi connectivity index (χ3v) is 2.55. The minimum Gasteiger partial charge on any atom is -0.465 e. The molecule has 0 N–H and O–H groups in total. The van der Waals surface area contributed by atoms with E-state index in [1.165, 1.54) is 7.11 Å². The molecule has 5 heteroatoms. The predicted molar refractivity (Wildman–Crippen MR) is 68.0 cm³/mol. The molecule has 18 heavy (non-hydrogen) atoms. The molecular weight excluding hydrogens is 256 g/mol. The van der Waals surface area contributed by atoms with E-state index in [-0.39, 0.29) is 23.7 Å². The molecule has 0 saturated carbocycles. The highest BCUT2D eigenvalue weighted by atomic mass is 35.5. The lowest BCUT2D eigenvalue weighted by atomic mass is 10.2. The van der Waals surface area contributed by atoms with Crippen molar-refractivity contribution in [3.05, 3.63) is 29.8 Å². The molecule has 98 valence electrons. The molecular formula is C13H15ClO4. The zero-order chi connectivity index (χ0) is 13.4. The largest absolute Gasteiger partial charge is 0.465 e. The van der Waals surface area contributed by atoms with E-state index in [9.17, 15) is 9.59 Å². The third kappa shape index (κ3) is 4.37. The molecule has 0 radical (unpaired) electrons. The summed E-state index contributed by atoms with van der Waals surface area (Å²) < 4.78 is 9.74. The molecule has 0 bridgehead atoms. The molecule has 0 aliphatic rings. The second kappa shape index (κ2) is 7.71. The van der Waals surface area contributed by atoms with Crippen LogP contribution in [0.3, 0.4) is 0 Å². The number of ether oxygens (including phenoxy) is 2. The van der Waals surface area contributed by atoms with E-state index in [0.717, 1.165) is 6.42 Å². The Balaban J connectivity index is 2.66. The number of unbranched alkanes of at least 4 members (excludes halogenated alkanes) is 1. The summed E-state index contributed by atoms with van der Waals surface area (Å²) >= 11 is 5.52. The maximum Gasteiger partial charge on any atom is 0.341 e. The number of para-hydroxylation sites is 1. The zero-order valence-corrected chi connectivity index (χ0v) is 10.9. The Morgan fingerprint density at radius 2 is 1.94 bits per heavy atom. The van der Waals surface area contributed by atoms with Gasteiger partial charge >= 0.3 is 11.9 Å². The average molecular weight is 271 g/mol. The molecule has 0 saturated heterocycles. The summed E-state index contributed by atoms with van der Waals surface area (Å²) in [6, 6.07) is 6.48. The van der Waals surface area contributed by atoms with Crippen LogP contribution >= 0.6 is 11.6 Å². The quantitative estimate of drug-likeness (QED) is 0.345. The van der Waals surface area contributed by atoms with Crippen molar-refractivity contribution in [3.63, 3.8) is 0 Å². The number of carbonyl (C=O) groups excluding carboxylic acids is 2. The standard InChI is InChI=1S/C13H15ClO4/c1-17-13(16)10-6-2-3-7-11(10)18-12(15)8-4-5-9-14/h2-3,6-7H,4-5,8-9H2,1H3. The van der Waals surface area contributed by atoms with Gasteiger partial charge in [0, 0.05) is 12.3 Å². The Hall–Kier alpha value is -1.55. The van der Waals surface area contributed by atoms with Crippen molar-refractivity contribution in [2.24, 2.45) is 0 Å². The highest BCUT2D eigenvalue weighted by Crippen LogP contribution is 2.19. The van der Waals surface area contributed by atoms with Crippen LogP contribution in [-0.4, -0.2) is 24.9 Å². The number of benzene rings is 1. The van der Waals surface area contributed by atoms with Gasteiger partial charge < -0.3 is 9.47 Å². The van der Waals surface area contributed by atoms with Gasteiger partial charge in [-0.05, 0) is 25.0 Å². The molecule has 0 spiro atoms. The van der Waals surface area contributed by atoms with Gasteiger partial charge in [-0.15, -0.1) is 11.6 Å². The Labute approximate surface area is 111 Å². The molecule has 0 aromatic heterocycles. The van der Waals surface area contributed by atoms with Crippen LogP contribution in [0, 0.1) is 0 Å². The summed E-state index contributed by atoms with van der Waals surface area (Å²) in [6.07, 6.45) is 1.71. The minimum atomic E-state index is -0.529. The van der Waals surface area contributed by atoms with Gasteiger partial charge in [0.2, 0.25) is 0 Å². The Kier molecular flexibility index (Phi) is 6.22. The second-order valence-electron chi connectivity index (χ2n) is 3.61. The van der Waals surface area contributed by atoms with Gasteiger partial charge in [-0.3, -0.25) is 4.79 Å². The van der Waals surface area contributed by atoms with Crippen molar-refractivity contribution in [3.8, 4) is 5.75 Å². The highest BCUT2D eigenvalue weighted by molar-refractivity contribution is 6.17. The van der Waals surface area contributed by atoms with E-state index in [1.807, 2.05) is 0 Å². The van der Waals surface area contributed by atoms with Crippen molar-refractivity contribution < 1.29 is 19.1 Å². The molecule has 0 aliphatic carbocycles. The summed E-state index contributed by atoms with van der Waals surface area (Å²) in [5.41, 5.74) is 0.241. The van der Waals surface area contributed by atoms with Crippen molar-refractivity contribution in [2.75, 3.05) is 13.0 Å². The van der Waals surface area contributed by atoms with Gasteiger partial charge in [0.25, 0.3) is 0 Å². The van der Waals surface area contributed by atoms with Crippen LogP contribution in [0.4, 0.5) is 0 Å². The predicted octanol–water partition coefficient (Wildman–Crippen LogP) is 2.79. The van der Waals surface area contributed by atoms with E-state index in [2.05, 4.69) is 4.74 Å². The molecule has 1 aromatic rings. The topological polar surface area (TPSA) is 52.6 Å². The van der Waals surface area contributed by atoms with Crippen molar-refractivity contribution in [2.45, 2.75) is 19.3 Å². The molecule has 0 heterocycles. The smallest absolute Gasteiger partial charge is 0.341 e. The normalized spacial score (nSPS) is 9.89. The first-order valence-electron chi connectivity index (χ1n) is 5.63. The van der Waals surface area contributed by atoms with Gasteiger partial charge in [0.1, 0.15) is 11.3 Å². The SMILES string of the molecule is COC(=O)c1ccccc1OC(=O)CCCCCl. The molecule has 0 unspecified atom stereocenters. The van der Waals surface area contributed by atoms with E-state index in [1.54, 1.807) is 24.3 Å². The van der Waals surface area contributed by atoms with Gasteiger partial charge in [-0.1, -0.05) is 12.1 Å². The summed E-state index contributed by atoms with van der Waals surface area (Å²) in [5, 5.41) is 0. The number of carbonyl (C=O) groups is 2. The molecule has 0 fully saturated rings. The van der Waals surface area contributed by atoms with Crippen molar-refractivity contribution in [1.29, 1.82) is 0 Å². The van der Waals surface area contributed by atoms with Crippen LogP contribution in [0.15, 0.2) is 24.3 Å². The number of methoxy groups -OCH3 is 1. The molecule has 4 nitrogen and oxygen atoms in total. The van der Waals surface area contributed by atoms with Gasteiger partial charge in [0.05, 0.1) is 7.11 Å². The summed E-state index contributed by atoms with van der Waals surface area (Å²) in [4.78, 5) is 23.0.